The average molecular weight is 402 g/mol. The highest BCUT2D eigenvalue weighted by Crippen LogP contribution is 2.55. The third kappa shape index (κ3) is 3.20. The minimum absolute atomic E-state index is 0.174. The van der Waals surface area contributed by atoms with Gasteiger partial charge < -0.3 is 5.32 Å². The van der Waals surface area contributed by atoms with Crippen LogP contribution < -0.4 is 5.32 Å². The molecule has 2 unspecified atom stereocenters. The Morgan fingerprint density at radius 1 is 1.17 bits per heavy atom. The molecule has 154 valence electrons. The van der Waals surface area contributed by atoms with E-state index < -0.39 is 0 Å². The fourth-order valence-electron chi connectivity index (χ4n) is 5.49. The van der Waals surface area contributed by atoms with Crippen molar-refractivity contribution in [1.29, 1.82) is 0 Å². The van der Waals surface area contributed by atoms with Gasteiger partial charge in [0.05, 0.1) is 17.6 Å². The van der Waals surface area contributed by atoms with Crippen LogP contribution in [-0.2, 0) is 6.42 Å². The van der Waals surface area contributed by atoms with E-state index in [-0.39, 0.29) is 11.2 Å². The van der Waals surface area contributed by atoms with Crippen molar-refractivity contribution in [2.75, 3.05) is 7.05 Å². The van der Waals surface area contributed by atoms with E-state index in [0.717, 1.165) is 30.6 Å². The van der Waals surface area contributed by atoms with E-state index in [4.69, 9.17) is 0 Å². The fourth-order valence-corrected chi connectivity index (χ4v) is 5.49. The Kier molecular flexibility index (Phi) is 4.82. The van der Waals surface area contributed by atoms with Crippen LogP contribution in [0.15, 0.2) is 66.4 Å². The SMILES string of the molecule is CNC(C[C@H]1CCC2=Cc3c(cnn3-c3ccc(F)cc3)CC21C)c1ccccc1. The zero-order valence-electron chi connectivity index (χ0n) is 17.6. The second kappa shape index (κ2) is 7.51. The van der Waals surface area contributed by atoms with Gasteiger partial charge in [-0.05, 0) is 85.5 Å². The van der Waals surface area contributed by atoms with Gasteiger partial charge in [-0.3, -0.25) is 0 Å². The van der Waals surface area contributed by atoms with Crippen molar-refractivity contribution in [1.82, 2.24) is 15.1 Å². The second-order valence-corrected chi connectivity index (χ2v) is 8.93. The molecule has 1 N–H and O–H groups in total. The number of nitrogens with zero attached hydrogens (tertiary/aromatic N) is 2. The summed E-state index contributed by atoms with van der Waals surface area (Å²) in [6.07, 6.45) is 8.87. The molecule has 0 saturated heterocycles. The Bertz CT molecular complexity index is 1070. The maximum Gasteiger partial charge on any atom is 0.123 e. The highest BCUT2D eigenvalue weighted by atomic mass is 19.1. The zero-order valence-corrected chi connectivity index (χ0v) is 17.6. The number of benzene rings is 2. The first-order chi connectivity index (χ1) is 14.6. The van der Waals surface area contributed by atoms with Crippen LogP contribution in [0.25, 0.3) is 11.8 Å². The van der Waals surface area contributed by atoms with E-state index in [1.54, 1.807) is 12.1 Å². The summed E-state index contributed by atoms with van der Waals surface area (Å²) in [6, 6.07) is 17.7. The Labute approximate surface area is 177 Å². The largest absolute Gasteiger partial charge is 0.313 e. The Morgan fingerprint density at radius 2 is 1.93 bits per heavy atom. The van der Waals surface area contributed by atoms with Gasteiger partial charge in [0, 0.05) is 6.04 Å². The van der Waals surface area contributed by atoms with Crippen LogP contribution in [0.5, 0.6) is 0 Å². The lowest BCUT2D eigenvalue weighted by Gasteiger charge is -2.37. The molecule has 2 aliphatic rings. The van der Waals surface area contributed by atoms with E-state index in [1.165, 1.54) is 35.3 Å². The predicted octanol–water partition coefficient (Wildman–Crippen LogP) is 5.72. The lowest BCUT2D eigenvalue weighted by atomic mass is 9.68. The highest BCUT2D eigenvalue weighted by Gasteiger charge is 2.46. The van der Waals surface area contributed by atoms with Gasteiger partial charge in [-0.15, -0.1) is 0 Å². The summed E-state index contributed by atoms with van der Waals surface area (Å²) in [5.74, 6) is 0.408. The Hall–Kier alpha value is -2.72. The summed E-state index contributed by atoms with van der Waals surface area (Å²) in [5.41, 5.74) is 6.43. The molecule has 4 heteroatoms. The van der Waals surface area contributed by atoms with Crippen LogP contribution in [0.1, 0.15) is 49.0 Å². The fraction of sp³-hybridized carbons (Fsp3) is 0.346. The molecular formula is C26H28FN3. The quantitative estimate of drug-likeness (QED) is 0.593. The van der Waals surface area contributed by atoms with Gasteiger partial charge in [0.25, 0.3) is 0 Å². The molecule has 5 rings (SSSR count). The van der Waals surface area contributed by atoms with Crippen LogP contribution in [0, 0.1) is 17.2 Å². The average Bonchev–Trinajstić information content (AvgIpc) is 3.31. The summed E-state index contributed by atoms with van der Waals surface area (Å²) < 4.78 is 15.3. The summed E-state index contributed by atoms with van der Waals surface area (Å²) >= 11 is 0. The minimum Gasteiger partial charge on any atom is -0.313 e. The standard InChI is InChI=1S/C26H28FN3/c1-26-16-19-17-29-30(23-12-10-22(27)11-13-23)25(19)15-21(26)9-8-20(26)14-24(28-2)18-6-4-3-5-7-18/h3-7,10-13,15,17,20,24,28H,8-9,14,16H2,1-2H3/t20-,24?,26?/m1/s1. The molecule has 1 heterocycles. The third-order valence-electron chi connectivity index (χ3n) is 7.29. The lowest BCUT2D eigenvalue weighted by Crippen LogP contribution is -2.32. The molecule has 0 bridgehead atoms. The van der Waals surface area contributed by atoms with Crippen molar-refractivity contribution < 1.29 is 4.39 Å². The molecule has 0 radical (unpaired) electrons. The maximum atomic E-state index is 13.3. The first kappa shape index (κ1) is 19.3. The van der Waals surface area contributed by atoms with Gasteiger partial charge in [-0.2, -0.15) is 5.10 Å². The molecule has 1 saturated carbocycles. The van der Waals surface area contributed by atoms with Crippen molar-refractivity contribution >= 4 is 6.08 Å². The van der Waals surface area contributed by atoms with Gasteiger partial charge in [0.1, 0.15) is 5.82 Å². The van der Waals surface area contributed by atoms with Crippen molar-refractivity contribution in [3.63, 3.8) is 0 Å². The van der Waals surface area contributed by atoms with E-state index in [2.05, 4.69) is 60.8 Å². The first-order valence-electron chi connectivity index (χ1n) is 10.8. The Morgan fingerprint density at radius 3 is 2.67 bits per heavy atom. The molecule has 2 aliphatic carbocycles. The maximum absolute atomic E-state index is 13.3. The van der Waals surface area contributed by atoms with E-state index >= 15 is 0 Å². The monoisotopic (exact) mass is 401 g/mol. The number of rotatable bonds is 5. The number of hydrogen-bond donors (Lipinski definition) is 1. The molecule has 1 fully saturated rings. The second-order valence-electron chi connectivity index (χ2n) is 8.93. The molecule has 0 spiro atoms. The van der Waals surface area contributed by atoms with Gasteiger partial charge in [0.15, 0.2) is 0 Å². The molecule has 3 nitrogen and oxygen atoms in total. The molecule has 30 heavy (non-hydrogen) atoms. The third-order valence-corrected chi connectivity index (χ3v) is 7.29. The predicted molar refractivity (Wildman–Crippen MR) is 119 cm³/mol. The number of halogens is 1. The van der Waals surface area contributed by atoms with Gasteiger partial charge in [0.2, 0.25) is 0 Å². The molecule has 3 atom stereocenters. The number of fused-ring (bicyclic) bond motifs is 2. The van der Waals surface area contributed by atoms with Crippen LogP contribution in [-0.4, -0.2) is 16.8 Å². The number of aromatic nitrogens is 2. The molecule has 0 amide bonds. The summed E-state index contributed by atoms with van der Waals surface area (Å²) in [6.45, 7) is 2.44. The molecule has 3 aromatic rings. The number of hydrogen-bond acceptors (Lipinski definition) is 2. The van der Waals surface area contributed by atoms with Gasteiger partial charge in [-0.25, -0.2) is 9.07 Å². The number of nitrogens with one attached hydrogen (secondary N) is 1. The molecular weight excluding hydrogens is 373 g/mol. The summed E-state index contributed by atoms with van der Waals surface area (Å²) in [7, 11) is 2.07. The van der Waals surface area contributed by atoms with E-state index in [0.29, 0.717) is 12.0 Å². The normalized spacial score (nSPS) is 23.6. The molecule has 2 aromatic carbocycles. The van der Waals surface area contributed by atoms with Crippen molar-refractivity contribution in [2.24, 2.45) is 11.3 Å². The van der Waals surface area contributed by atoms with Gasteiger partial charge in [-0.1, -0.05) is 42.8 Å². The van der Waals surface area contributed by atoms with Crippen LogP contribution >= 0.6 is 0 Å². The van der Waals surface area contributed by atoms with E-state index in [1.807, 2.05) is 10.9 Å². The lowest BCUT2D eigenvalue weighted by molar-refractivity contribution is 0.234. The molecule has 1 aromatic heterocycles. The van der Waals surface area contributed by atoms with Crippen molar-refractivity contribution in [3.8, 4) is 5.69 Å². The molecule has 0 aliphatic heterocycles. The van der Waals surface area contributed by atoms with Crippen molar-refractivity contribution in [3.05, 3.63) is 89.0 Å². The highest BCUT2D eigenvalue weighted by molar-refractivity contribution is 5.61. The summed E-state index contributed by atoms with van der Waals surface area (Å²) in [4.78, 5) is 0. The number of allylic oxidation sites excluding steroid dienone is 1. The van der Waals surface area contributed by atoms with Crippen molar-refractivity contribution in [2.45, 2.75) is 38.6 Å². The Balaban J connectivity index is 1.43. The van der Waals surface area contributed by atoms with Crippen LogP contribution in [0.2, 0.25) is 0 Å². The summed E-state index contributed by atoms with van der Waals surface area (Å²) in [5, 5.41) is 8.18. The zero-order chi connectivity index (χ0) is 20.7. The van der Waals surface area contributed by atoms with Crippen LogP contribution in [0.3, 0.4) is 0 Å². The topological polar surface area (TPSA) is 29.9 Å². The van der Waals surface area contributed by atoms with E-state index in [9.17, 15) is 4.39 Å². The smallest absolute Gasteiger partial charge is 0.123 e. The van der Waals surface area contributed by atoms with Crippen LogP contribution in [0.4, 0.5) is 4.39 Å². The first-order valence-corrected chi connectivity index (χ1v) is 10.8. The van der Waals surface area contributed by atoms with Gasteiger partial charge >= 0.3 is 0 Å². The minimum atomic E-state index is -0.221.